The average molecular weight is 356 g/mol. The molecule has 0 spiro atoms. The zero-order valence-electron chi connectivity index (χ0n) is 14.7. The predicted octanol–water partition coefficient (Wildman–Crippen LogP) is 3.72. The number of rotatable bonds is 7. The predicted molar refractivity (Wildman–Crippen MR) is 91.3 cm³/mol. The van der Waals surface area contributed by atoms with Gasteiger partial charge in [0.25, 0.3) is 0 Å². The number of carbonyl (C=O) groups is 1. The molecule has 1 aromatic carbocycles. The number of ether oxygens (including phenoxy) is 2. The number of halogens is 2. The maximum absolute atomic E-state index is 12.3. The van der Waals surface area contributed by atoms with Crippen molar-refractivity contribution in [2.24, 2.45) is 5.92 Å². The Balaban J connectivity index is 1.79. The van der Waals surface area contributed by atoms with Crippen LogP contribution in [0.5, 0.6) is 11.5 Å². The Labute approximate surface area is 147 Å². The quantitative estimate of drug-likeness (QED) is 0.783. The molecule has 2 N–H and O–H groups in total. The van der Waals surface area contributed by atoms with Gasteiger partial charge >= 0.3 is 12.6 Å². The van der Waals surface area contributed by atoms with Crippen LogP contribution in [0.2, 0.25) is 0 Å². The number of amides is 2. The van der Waals surface area contributed by atoms with Gasteiger partial charge in [0.1, 0.15) is 0 Å². The molecule has 2 rings (SSSR count). The summed E-state index contributed by atoms with van der Waals surface area (Å²) in [7, 11) is 1.40. The molecule has 0 saturated heterocycles. The standard InChI is InChI=1S/C18H26F2N2O3/c1-12-5-3-4-6-14(12)22-18(23)21-10-9-13-7-8-15(25-17(19)20)16(11-13)24-2/h7-8,11-12,14,17H,3-6,9-10H2,1-2H3,(H2,21,22,23)/t12-,14-/m1/s1. The summed E-state index contributed by atoms with van der Waals surface area (Å²) in [5.41, 5.74) is 0.866. The molecule has 0 radical (unpaired) electrons. The van der Waals surface area contributed by atoms with E-state index >= 15 is 0 Å². The Morgan fingerprint density at radius 1 is 1.28 bits per heavy atom. The minimum Gasteiger partial charge on any atom is -0.493 e. The lowest BCUT2D eigenvalue weighted by atomic mass is 9.86. The van der Waals surface area contributed by atoms with Crippen LogP contribution >= 0.6 is 0 Å². The highest BCUT2D eigenvalue weighted by Crippen LogP contribution is 2.29. The molecule has 5 nitrogen and oxygen atoms in total. The summed E-state index contributed by atoms with van der Waals surface area (Å²) in [4.78, 5) is 12.0. The van der Waals surface area contributed by atoms with E-state index in [1.54, 1.807) is 12.1 Å². The molecule has 1 fully saturated rings. The van der Waals surface area contributed by atoms with E-state index < -0.39 is 6.61 Å². The fourth-order valence-electron chi connectivity index (χ4n) is 3.13. The third kappa shape index (κ3) is 6.07. The summed E-state index contributed by atoms with van der Waals surface area (Å²) in [6.07, 6.45) is 5.13. The van der Waals surface area contributed by atoms with Crippen LogP contribution in [0.4, 0.5) is 13.6 Å². The lowest BCUT2D eigenvalue weighted by molar-refractivity contribution is -0.0512. The first-order valence-electron chi connectivity index (χ1n) is 8.65. The van der Waals surface area contributed by atoms with Gasteiger partial charge in [-0.3, -0.25) is 0 Å². The van der Waals surface area contributed by atoms with Crippen molar-refractivity contribution in [1.82, 2.24) is 10.6 Å². The largest absolute Gasteiger partial charge is 0.493 e. The molecule has 2 amide bonds. The number of hydrogen-bond donors (Lipinski definition) is 2. The molecule has 1 saturated carbocycles. The minimum atomic E-state index is -2.90. The topological polar surface area (TPSA) is 59.6 Å². The van der Waals surface area contributed by atoms with Crippen molar-refractivity contribution in [1.29, 1.82) is 0 Å². The number of nitrogens with one attached hydrogen (secondary N) is 2. The Morgan fingerprint density at radius 2 is 2.04 bits per heavy atom. The van der Waals surface area contributed by atoms with Gasteiger partial charge in [0.2, 0.25) is 0 Å². The van der Waals surface area contributed by atoms with Crippen molar-refractivity contribution >= 4 is 6.03 Å². The lowest BCUT2D eigenvalue weighted by Gasteiger charge is -2.29. The maximum atomic E-state index is 12.3. The van der Waals surface area contributed by atoms with Crippen molar-refractivity contribution in [3.63, 3.8) is 0 Å². The molecule has 0 unspecified atom stereocenters. The molecule has 2 atom stereocenters. The van der Waals surface area contributed by atoms with Gasteiger partial charge in [-0.25, -0.2) is 4.79 Å². The van der Waals surface area contributed by atoms with E-state index in [2.05, 4.69) is 22.3 Å². The van der Waals surface area contributed by atoms with Gasteiger partial charge in [-0.2, -0.15) is 8.78 Å². The van der Waals surface area contributed by atoms with Crippen LogP contribution in [0.15, 0.2) is 18.2 Å². The van der Waals surface area contributed by atoms with Crippen LogP contribution in [0.1, 0.15) is 38.2 Å². The van der Waals surface area contributed by atoms with Crippen LogP contribution in [-0.2, 0) is 6.42 Å². The molecule has 1 aliphatic carbocycles. The molecule has 1 aromatic rings. The number of urea groups is 1. The first kappa shape index (κ1) is 19.3. The summed E-state index contributed by atoms with van der Waals surface area (Å²) < 4.78 is 34.1. The number of hydrogen-bond acceptors (Lipinski definition) is 3. The van der Waals surface area contributed by atoms with Crippen LogP contribution in [0.25, 0.3) is 0 Å². The summed E-state index contributed by atoms with van der Waals surface area (Å²) in [5, 5.41) is 5.87. The molecular weight excluding hydrogens is 330 g/mol. The Morgan fingerprint density at radius 3 is 2.72 bits per heavy atom. The number of methoxy groups -OCH3 is 1. The molecule has 140 valence electrons. The van der Waals surface area contributed by atoms with Crippen molar-refractivity contribution in [3.8, 4) is 11.5 Å². The van der Waals surface area contributed by atoms with Crippen LogP contribution in [0, 0.1) is 5.92 Å². The fraction of sp³-hybridized carbons (Fsp3) is 0.611. The van der Waals surface area contributed by atoms with Gasteiger partial charge in [-0.05, 0) is 42.9 Å². The third-order valence-electron chi connectivity index (χ3n) is 4.57. The molecule has 0 heterocycles. The van der Waals surface area contributed by atoms with Gasteiger partial charge in [0, 0.05) is 12.6 Å². The molecule has 7 heteroatoms. The van der Waals surface area contributed by atoms with Crippen molar-refractivity contribution in [3.05, 3.63) is 23.8 Å². The molecule has 0 aliphatic heterocycles. The second kappa shape index (κ2) is 9.44. The van der Waals surface area contributed by atoms with E-state index in [0.717, 1.165) is 24.8 Å². The van der Waals surface area contributed by atoms with Gasteiger partial charge < -0.3 is 20.1 Å². The monoisotopic (exact) mass is 356 g/mol. The van der Waals surface area contributed by atoms with E-state index in [4.69, 9.17) is 4.74 Å². The minimum absolute atomic E-state index is 0.00163. The maximum Gasteiger partial charge on any atom is 0.387 e. The van der Waals surface area contributed by atoms with Crippen molar-refractivity contribution in [2.45, 2.75) is 51.7 Å². The Kier molecular flexibility index (Phi) is 7.28. The zero-order chi connectivity index (χ0) is 18.2. The molecular formula is C18H26F2N2O3. The first-order chi connectivity index (χ1) is 12.0. The van der Waals surface area contributed by atoms with E-state index in [-0.39, 0.29) is 23.6 Å². The summed E-state index contributed by atoms with van der Waals surface area (Å²) in [6.45, 7) is -0.280. The van der Waals surface area contributed by atoms with Gasteiger partial charge in [-0.15, -0.1) is 0 Å². The average Bonchev–Trinajstić information content (AvgIpc) is 2.57. The van der Waals surface area contributed by atoms with Crippen molar-refractivity contribution < 1.29 is 23.0 Å². The number of alkyl halides is 2. The molecule has 0 aromatic heterocycles. The van der Waals surface area contributed by atoms with E-state index in [0.29, 0.717) is 18.9 Å². The van der Waals surface area contributed by atoms with Gasteiger partial charge in [-0.1, -0.05) is 25.8 Å². The third-order valence-corrected chi connectivity index (χ3v) is 4.57. The highest BCUT2D eigenvalue weighted by Gasteiger charge is 2.22. The van der Waals surface area contributed by atoms with Gasteiger partial charge in [0.05, 0.1) is 7.11 Å². The van der Waals surface area contributed by atoms with Crippen molar-refractivity contribution in [2.75, 3.05) is 13.7 Å². The Bertz CT molecular complexity index is 569. The lowest BCUT2D eigenvalue weighted by Crippen LogP contribution is -2.46. The van der Waals surface area contributed by atoms with E-state index in [1.807, 2.05) is 0 Å². The normalized spacial score (nSPS) is 20.2. The second-order valence-electron chi connectivity index (χ2n) is 6.38. The molecule has 25 heavy (non-hydrogen) atoms. The molecule has 1 aliphatic rings. The van der Waals surface area contributed by atoms with Gasteiger partial charge in [0.15, 0.2) is 11.5 Å². The highest BCUT2D eigenvalue weighted by molar-refractivity contribution is 5.74. The van der Waals surface area contributed by atoms with Crippen LogP contribution < -0.4 is 20.1 Å². The zero-order valence-corrected chi connectivity index (χ0v) is 14.7. The number of benzene rings is 1. The van der Waals surface area contributed by atoms with E-state index in [9.17, 15) is 13.6 Å². The fourth-order valence-corrected chi connectivity index (χ4v) is 3.13. The number of carbonyl (C=O) groups excluding carboxylic acids is 1. The first-order valence-corrected chi connectivity index (χ1v) is 8.65. The Hall–Kier alpha value is -2.05. The summed E-state index contributed by atoms with van der Waals surface area (Å²) >= 11 is 0. The van der Waals surface area contributed by atoms with E-state index in [1.165, 1.54) is 19.6 Å². The van der Waals surface area contributed by atoms with Crippen LogP contribution in [0.3, 0.4) is 0 Å². The smallest absolute Gasteiger partial charge is 0.387 e. The highest BCUT2D eigenvalue weighted by atomic mass is 19.3. The second-order valence-corrected chi connectivity index (χ2v) is 6.38. The molecule has 0 bridgehead atoms. The summed E-state index contributed by atoms with van der Waals surface area (Å²) in [5.74, 6) is 0.752. The summed E-state index contributed by atoms with van der Waals surface area (Å²) in [6, 6.07) is 4.84. The van der Waals surface area contributed by atoms with Crippen LogP contribution in [-0.4, -0.2) is 32.3 Å². The SMILES string of the molecule is COc1cc(CCNC(=O)N[C@@H]2CCCC[C@H]2C)ccc1OC(F)F.